The lowest BCUT2D eigenvalue weighted by Crippen LogP contribution is -2.34. The zero-order valence-electron chi connectivity index (χ0n) is 11.6. The van der Waals surface area contributed by atoms with Crippen molar-refractivity contribution in [3.8, 4) is 5.69 Å². The molecule has 6 heteroatoms. The second kappa shape index (κ2) is 4.59. The van der Waals surface area contributed by atoms with Gasteiger partial charge < -0.3 is 0 Å². The van der Waals surface area contributed by atoms with Crippen LogP contribution >= 0.6 is 0 Å². The van der Waals surface area contributed by atoms with Gasteiger partial charge in [-0.05, 0) is 19.1 Å². The smallest absolute Gasteiger partial charge is 0.283 e. The molecule has 2 amide bonds. The number of imide groups is 1. The van der Waals surface area contributed by atoms with E-state index >= 15 is 0 Å². The van der Waals surface area contributed by atoms with Gasteiger partial charge in [0.1, 0.15) is 5.69 Å². The minimum Gasteiger partial charge on any atom is -0.283 e. The third kappa shape index (κ3) is 1.84. The Morgan fingerprint density at radius 3 is 2.05 bits per heavy atom. The van der Waals surface area contributed by atoms with Gasteiger partial charge in [-0.2, -0.15) is 0 Å². The highest BCUT2D eigenvalue weighted by atomic mass is 16.2. The van der Waals surface area contributed by atoms with Crippen molar-refractivity contribution in [1.29, 1.82) is 0 Å². The van der Waals surface area contributed by atoms with E-state index in [4.69, 9.17) is 0 Å². The fraction of sp³-hybridized carbons (Fsp3) is 0.133. The molecule has 0 fully saturated rings. The Labute approximate surface area is 120 Å². The maximum absolute atomic E-state index is 12.7. The summed E-state index contributed by atoms with van der Waals surface area (Å²) < 4.78 is 3.06. The van der Waals surface area contributed by atoms with Gasteiger partial charge in [0.2, 0.25) is 0 Å². The van der Waals surface area contributed by atoms with Crippen LogP contribution in [0.3, 0.4) is 0 Å². The second-order valence-electron chi connectivity index (χ2n) is 4.76. The number of benzene rings is 1. The summed E-state index contributed by atoms with van der Waals surface area (Å²) >= 11 is 0. The van der Waals surface area contributed by atoms with Gasteiger partial charge in [0.15, 0.2) is 0 Å². The topological polar surface area (TPSA) is 64.3 Å². The molecule has 0 aliphatic carbocycles. The molecule has 106 valence electrons. The van der Waals surface area contributed by atoms with Crippen LogP contribution < -0.4 is 10.5 Å². The highest BCUT2D eigenvalue weighted by molar-refractivity contribution is 6.28. The van der Waals surface area contributed by atoms with Crippen LogP contribution in [0.4, 0.5) is 5.69 Å². The molecule has 0 radical (unpaired) electrons. The summed E-state index contributed by atoms with van der Waals surface area (Å²) in [5.74, 6) is -0.989. The van der Waals surface area contributed by atoms with E-state index in [2.05, 4.69) is 0 Å². The lowest BCUT2D eigenvalue weighted by atomic mass is 10.3. The largest absolute Gasteiger partial charge is 0.296 e. The number of rotatable bonds is 2. The predicted octanol–water partition coefficient (Wildman–Crippen LogP) is 0.914. The van der Waals surface area contributed by atoms with Gasteiger partial charge >= 0.3 is 0 Å². The number of hydrogen-bond donors (Lipinski definition) is 0. The van der Waals surface area contributed by atoms with E-state index in [0.717, 1.165) is 4.90 Å². The quantitative estimate of drug-likeness (QED) is 0.770. The summed E-state index contributed by atoms with van der Waals surface area (Å²) in [4.78, 5) is 37.2. The lowest BCUT2D eigenvalue weighted by molar-refractivity contribution is -0.120. The first-order chi connectivity index (χ1) is 10.0. The van der Waals surface area contributed by atoms with Crippen molar-refractivity contribution in [2.24, 2.45) is 7.05 Å². The Kier molecular flexibility index (Phi) is 2.86. The molecule has 2 heterocycles. The van der Waals surface area contributed by atoms with Crippen molar-refractivity contribution < 1.29 is 9.59 Å². The van der Waals surface area contributed by atoms with Gasteiger partial charge in [-0.3, -0.25) is 19.1 Å². The summed E-state index contributed by atoms with van der Waals surface area (Å²) in [6.45, 7) is 1.70. The van der Waals surface area contributed by atoms with Crippen LogP contribution in [0, 0.1) is 6.92 Å². The Bertz CT molecular complexity index is 810. The van der Waals surface area contributed by atoms with Gasteiger partial charge in [0.05, 0.1) is 11.4 Å². The van der Waals surface area contributed by atoms with E-state index in [1.165, 1.54) is 16.8 Å². The fourth-order valence-corrected chi connectivity index (χ4v) is 2.43. The predicted molar refractivity (Wildman–Crippen MR) is 77.4 cm³/mol. The number of aromatic nitrogens is 2. The zero-order chi connectivity index (χ0) is 15.1. The standard InChI is InChI=1S/C15H13N3O3/c1-10-14(17-12(19)8-9-13(17)20)15(21)18(16(10)2)11-6-4-3-5-7-11/h3-9H,1-2H3. The molecule has 3 rings (SSSR count). The first-order valence-electron chi connectivity index (χ1n) is 6.42. The van der Waals surface area contributed by atoms with E-state index in [0.29, 0.717) is 11.4 Å². The van der Waals surface area contributed by atoms with Crippen molar-refractivity contribution in [1.82, 2.24) is 9.36 Å². The molecule has 2 aromatic rings. The van der Waals surface area contributed by atoms with Crippen LogP contribution in [-0.4, -0.2) is 21.2 Å². The van der Waals surface area contributed by atoms with Gasteiger partial charge in [-0.15, -0.1) is 0 Å². The lowest BCUT2D eigenvalue weighted by Gasteiger charge is -2.11. The van der Waals surface area contributed by atoms with Gasteiger partial charge in [0.25, 0.3) is 17.4 Å². The number of anilines is 1. The minimum atomic E-state index is -0.494. The van der Waals surface area contributed by atoms with Crippen molar-refractivity contribution in [2.75, 3.05) is 4.90 Å². The first-order valence-corrected chi connectivity index (χ1v) is 6.42. The van der Waals surface area contributed by atoms with Crippen LogP contribution in [0.25, 0.3) is 5.69 Å². The Morgan fingerprint density at radius 2 is 1.48 bits per heavy atom. The first kappa shape index (κ1) is 13.1. The van der Waals surface area contributed by atoms with Crippen LogP contribution in [0.2, 0.25) is 0 Å². The maximum atomic E-state index is 12.7. The van der Waals surface area contributed by atoms with Crippen molar-refractivity contribution in [3.63, 3.8) is 0 Å². The monoisotopic (exact) mass is 283 g/mol. The Morgan fingerprint density at radius 1 is 0.905 bits per heavy atom. The number of carbonyl (C=O) groups excluding carboxylic acids is 2. The minimum absolute atomic E-state index is 0.0985. The van der Waals surface area contributed by atoms with Gasteiger partial charge in [-0.1, -0.05) is 18.2 Å². The third-order valence-corrected chi connectivity index (χ3v) is 3.56. The molecule has 0 atom stereocenters. The fourth-order valence-electron chi connectivity index (χ4n) is 2.43. The summed E-state index contributed by atoms with van der Waals surface area (Å²) in [6, 6.07) is 9.06. The molecular weight excluding hydrogens is 270 g/mol. The molecule has 1 aromatic carbocycles. The number of para-hydroxylation sites is 1. The highest BCUT2D eigenvalue weighted by Crippen LogP contribution is 2.21. The van der Waals surface area contributed by atoms with Crippen LogP contribution in [-0.2, 0) is 16.6 Å². The van der Waals surface area contributed by atoms with Crippen molar-refractivity contribution in [3.05, 3.63) is 58.5 Å². The molecular formula is C15H13N3O3. The Balaban J connectivity index is 2.24. The average Bonchev–Trinajstić information content (AvgIpc) is 2.90. The average molecular weight is 283 g/mol. The molecule has 0 spiro atoms. The molecule has 1 aliphatic heterocycles. The zero-order valence-corrected chi connectivity index (χ0v) is 11.6. The summed E-state index contributed by atoms with van der Waals surface area (Å²) in [5.41, 5.74) is 0.925. The van der Waals surface area contributed by atoms with Crippen LogP contribution in [0.15, 0.2) is 47.3 Å². The SMILES string of the molecule is Cc1c(N2C(=O)C=CC2=O)c(=O)n(-c2ccccc2)n1C. The Hall–Kier alpha value is -2.89. The number of carbonyl (C=O) groups is 2. The van der Waals surface area contributed by atoms with E-state index in [-0.39, 0.29) is 5.69 Å². The van der Waals surface area contributed by atoms with Crippen molar-refractivity contribution >= 4 is 17.5 Å². The van der Waals surface area contributed by atoms with E-state index in [9.17, 15) is 14.4 Å². The third-order valence-electron chi connectivity index (χ3n) is 3.56. The van der Waals surface area contributed by atoms with E-state index in [1.807, 2.05) is 18.2 Å². The van der Waals surface area contributed by atoms with Gasteiger partial charge in [0, 0.05) is 19.2 Å². The summed E-state index contributed by atoms with van der Waals surface area (Å²) in [7, 11) is 1.71. The molecule has 6 nitrogen and oxygen atoms in total. The molecule has 0 unspecified atom stereocenters. The molecule has 1 aromatic heterocycles. The second-order valence-corrected chi connectivity index (χ2v) is 4.76. The number of hydrogen-bond acceptors (Lipinski definition) is 3. The maximum Gasteiger partial charge on any atom is 0.296 e. The normalized spacial score (nSPS) is 14.3. The molecule has 0 saturated carbocycles. The van der Waals surface area contributed by atoms with Crippen LogP contribution in [0.5, 0.6) is 0 Å². The van der Waals surface area contributed by atoms with Crippen LogP contribution in [0.1, 0.15) is 5.69 Å². The van der Waals surface area contributed by atoms with E-state index in [1.54, 1.807) is 30.8 Å². The molecule has 1 aliphatic rings. The molecule has 0 bridgehead atoms. The number of nitrogens with zero attached hydrogens (tertiary/aromatic N) is 3. The molecule has 0 saturated heterocycles. The van der Waals surface area contributed by atoms with Crippen molar-refractivity contribution in [2.45, 2.75) is 6.92 Å². The summed E-state index contributed by atoms with van der Waals surface area (Å²) in [5, 5.41) is 0. The number of amides is 2. The van der Waals surface area contributed by atoms with Gasteiger partial charge in [-0.25, -0.2) is 9.58 Å². The summed E-state index contributed by atoms with van der Waals surface area (Å²) in [6.07, 6.45) is 2.34. The van der Waals surface area contributed by atoms with E-state index < -0.39 is 17.4 Å². The molecule has 0 N–H and O–H groups in total. The highest BCUT2D eigenvalue weighted by Gasteiger charge is 2.32. The molecule has 21 heavy (non-hydrogen) atoms.